The third kappa shape index (κ3) is 2.40. The molecule has 1 aliphatic heterocycles. The van der Waals surface area contributed by atoms with E-state index in [1.165, 1.54) is 32.8 Å². The Bertz CT molecular complexity index is 240. The molecule has 1 saturated heterocycles. The van der Waals surface area contributed by atoms with Crippen molar-refractivity contribution >= 4 is 5.97 Å². The number of carbonyl (C=O) groups is 1. The Hall–Kier alpha value is -0.570. The molecule has 1 saturated carbocycles. The first-order chi connectivity index (χ1) is 7.77. The first-order valence-corrected chi connectivity index (χ1v) is 6.48. The summed E-state index contributed by atoms with van der Waals surface area (Å²) >= 11 is 0. The van der Waals surface area contributed by atoms with E-state index in [4.69, 9.17) is 4.74 Å². The van der Waals surface area contributed by atoms with Crippen LogP contribution in [0.5, 0.6) is 0 Å². The van der Waals surface area contributed by atoms with Crippen LogP contribution in [-0.4, -0.2) is 25.3 Å². The topological polar surface area (TPSA) is 35.5 Å². The molecule has 2 aliphatic rings. The molecule has 2 rings (SSSR count). The number of ether oxygens (including phenoxy) is 2. The van der Waals surface area contributed by atoms with Crippen LogP contribution >= 0.6 is 0 Å². The van der Waals surface area contributed by atoms with Gasteiger partial charge < -0.3 is 9.47 Å². The van der Waals surface area contributed by atoms with Gasteiger partial charge in [0, 0.05) is 13.0 Å². The minimum Gasteiger partial charge on any atom is -0.469 e. The molecule has 92 valence electrons. The van der Waals surface area contributed by atoms with E-state index in [1.54, 1.807) is 0 Å². The van der Waals surface area contributed by atoms with Crippen LogP contribution < -0.4 is 0 Å². The highest BCUT2D eigenvalue weighted by atomic mass is 16.5. The SMILES string of the molecule is COC(=O)CCCCC12CCCC1CCO2. The van der Waals surface area contributed by atoms with Crippen LogP contribution in [0.1, 0.15) is 51.4 Å². The normalized spacial score (nSPS) is 32.7. The van der Waals surface area contributed by atoms with Crippen molar-refractivity contribution in [3.63, 3.8) is 0 Å². The Morgan fingerprint density at radius 1 is 1.44 bits per heavy atom. The van der Waals surface area contributed by atoms with Gasteiger partial charge in [0.1, 0.15) is 0 Å². The fourth-order valence-electron chi connectivity index (χ4n) is 3.31. The zero-order valence-electron chi connectivity index (χ0n) is 10.2. The average molecular weight is 226 g/mol. The first-order valence-electron chi connectivity index (χ1n) is 6.48. The minimum absolute atomic E-state index is 0.0900. The smallest absolute Gasteiger partial charge is 0.305 e. The van der Waals surface area contributed by atoms with Crippen LogP contribution in [0.25, 0.3) is 0 Å². The highest BCUT2D eigenvalue weighted by molar-refractivity contribution is 5.68. The Kier molecular flexibility index (Phi) is 3.85. The first kappa shape index (κ1) is 11.9. The van der Waals surface area contributed by atoms with Gasteiger partial charge in [-0.05, 0) is 44.4 Å². The number of esters is 1. The van der Waals surface area contributed by atoms with Crippen LogP contribution in [0.15, 0.2) is 0 Å². The molecule has 0 aromatic rings. The molecule has 0 radical (unpaired) electrons. The number of fused-ring (bicyclic) bond motifs is 1. The van der Waals surface area contributed by atoms with Gasteiger partial charge in [-0.2, -0.15) is 0 Å². The fourth-order valence-corrected chi connectivity index (χ4v) is 3.31. The Morgan fingerprint density at radius 2 is 2.31 bits per heavy atom. The summed E-state index contributed by atoms with van der Waals surface area (Å²) < 4.78 is 10.6. The highest BCUT2D eigenvalue weighted by Gasteiger charge is 2.46. The zero-order chi connectivity index (χ0) is 11.4. The van der Waals surface area contributed by atoms with Crippen molar-refractivity contribution < 1.29 is 14.3 Å². The van der Waals surface area contributed by atoms with E-state index in [-0.39, 0.29) is 11.6 Å². The van der Waals surface area contributed by atoms with Gasteiger partial charge in [0.2, 0.25) is 0 Å². The summed E-state index contributed by atoms with van der Waals surface area (Å²) in [7, 11) is 1.45. The molecule has 3 heteroatoms. The molecule has 0 aromatic carbocycles. The molecule has 2 atom stereocenters. The van der Waals surface area contributed by atoms with E-state index >= 15 is 0 Å². The Balaban J connectivity index is 1.71. The van der Waals surface area contributed by atoms with E-state index < -0.39 is 0 Å². The molecule has 0 spiro atoms. The molecule has 0 N–H and O–H groups in total. The molecule has 3 nitrogen and oxygen atoms in total. The van der Waals surface area contributed by atoms with Crippen LogP contribution in [0, 0.1) is 5.92 Å². The lowest BCUT2D eigenvalue weighted by Gasteiger charge is -2.28. The summed E-state index contributed by atoms with van der Waals surface area (Å²) in [6.07, 6.45) is 8.85. The molecule has 16 heavy (non-hydrogen) atoms. The predicted octanol–water partition coefficient (Wildman–Crippen LogP) is 2.68. The van der Waals surface area contributed by atoms with Gasteiger partial charge in [-0.3, -0.25) is 4.79 Å². The largest absolute Gasteiger partial charge is 0.469 e. The van der Waals surface area contributed by atoms with Crippen molar-refractivity contribution in [2.45, 2.75) is 57.0 Å². The second kappa shape index (κ2) is 5.17. The predicted molar refractivity (Wildman–Crippen MR) is 61.1 cm³/mol. The average Bonchev–Trinajstić information content (AvgIpc) is 2.83. The van der Waals surface area contributed by atoms with Gasteiger partial charge in [0.15, 0.2) is 0 Å². The van der Waals surface area contributed by atoms with Gasteiger partial charge in [-0.1, -0.05) is 6.42 Å². The zero-order valence-corrected chi connectivity index (χ0v) is 10.2. The maximum Gasteiger partial charge on any atom is 0.305 e. The lowest BCUT2D eigenvalue weighted by Crippen LogP contribution is -2.30. The second-order valence-corrected chi connectivity index (χ2v) is 5.07. The van der Waals surface area contributed by atoms with Crippen LogP contribution in [-0.2, 0) is 14.3 Å². The standard InChI is InChI=1S/C13H22O3/c1-15-12(14)6-2-3-8-13-9-4-5-11(13)7-10-16-13/h11H,2-10H2,1H3. The van der Waals surface area contributed by atoms with Gasteiger partial charge in [0.25, 0.3) is 0 Å². The monoisotopic (exact) mass is 226 g/mol. The molecule has 1 heterocycles. The molecular formula is C13H22O3. The van der Waals surface area contributed by atoms with Crippen molar-refractivity contribution in [1.82, 2.24) is 0 Å². The summed E-state index contributed by atoms with van der Waals surface area (Å²) in [5.41, 5.74) is 0.191. The van der Waals surface area contributed by atoms with Crippen LogP contribution in [0.2, 0.25) is 0 Å². The van der Waals surface area contributed by atoms with E-state index in [9.17, 15) is 4.79 Å². The lowest BCUT2D eigenvalue weighted by molar-refractivity contribution is -0.140. The quantitative estimate of drug-likeness (QED) is 0.534. The van der Waals surface area contributed by atoms with Gasteiger partial charge >= 0.3 is 5.97 Å². The van der Waals surface area contributed by atoms with E-state index in [0.717, 1.165) is 31.8 Å². The number of methoxy groups -OCH3 is 1. The van der Waals surface area contributed by atoms with Crippen molar-refractivity contribution in [3.05, 3.63) is 0 Å². The highest BCUT2D eigenvalue weighted by Crippen LogP contribution is 2.48. The van der Waals surface area contributed by atoms with Crippen LogP contribution in [0.4, 0.5) is 0 Å². The van der Waals surface area contributed by atoms with Crippen molar-refractivity contribution in [3.8, 4) is 0 Å². The van der Waals surface area contributed by atoms with E-state index in [0.29, 0.717) is 6.42 Å². The van der Waals surface area contributed by atoms with E-state index in [2.05, 4.69) is 4.74 Å². The molecular weight excluding hydrogens is 204 g/mol. The molecule has 0 amide bonds. The summed E-state index contributed by atoms with van der Waals surface area (Å²) in [5.74, 6) is 0.707. The van der Waals surface area contributed by atoms with Crippen molar-refractivity contribution in [2.75, 3.05) is 13.7 Å². The summed E-state index contributed by atoms with van der Waals surface area (Å²) in [4.78, 5) is 11.0. The second-order valence-electron chi connectivity index (χ2n) is 5.07. The third-order valence-corrected chi connectivity index (χ3v) is 4.21. The fraction of sp³-hybridized carbons (Fsp3) is 0.923. The number of carbonyl (C=O) groups excluding carboxylic acids is 1. The van der Waals surface area contributed by atoms with Crippen LogP contribution in [0.3, 0.4) is 0 Å². The van der Waals surface area contributed by atoms with Gasteiger partial charge in [-0.15, -0.1) is 0 Å². The molecule has 2 unspecified atom stereocenters. The minimum atomic E-state index is -0.0900. The Morgan fingerprint density at radius 3 is 3.12 bits per heavy atom. The number of unbranched alkanes of at least 4 members (excludes halogenated alkanes) is 1. The molecule has 0 aromatic heterocycles. The van der Waals surface area contributed by atoms with E-state index in [1.807, 2.05) is 0 Å². The maximum atomic E-state index is 11.0. The van der Waals surface area contributed by atoms with Crippen molar-refractivity contribution in [2.24, 2.45) is 5.92 Å². The number of hydrogen-bond acceptors (Lipinski definition) is 3. The maximum absolute atomic E-state index is 11.0. The van der Waals surface area contributed by atoms with Crippen molar-refractivity contribution in [1.29, 1.82) is 0 Å². The molecule has 1 aliphatic carbocycles. The molecule has 2 fully saturated rings. The number of hydrogen-bond donors (Lipinski definition) is 0. The Labute approximate surface area is 97.5 Å². The van der Waals surface area contributed by atoms with Gasteiger partial charge in [0.05, 0.1) is 12.7 Å². The summed E-state index contributed by atoms with van der Waals surface area (Å²) in [5, 5.41) is 0. The summed E-state index contributed by atoms with van der Waals surface area (Å²) in [6, 6.07) is 0. The summed E-state index contributed by atoms with van der Waals surface area (Å²) in [6.45, 7) is 0.946. The van der Waals surface area contributed by atoms with Gasteiger partial charge in [-0.25, -0.2) is 0 Å². The lowest BCUT2D eigenvalue weighted by atomic mass is 9.86. The third-order valence-electron chi connectivity index (χ3n) is 4.21. The molecule has 0 bridgehead atoms. The number of rotatable bonds is 5.